The van der Waals surface area contributed by atoms with Crippen LogP contribution in [0.4, 0.5) is 24.5 Å². The van der Waals surface area contributed by atoms with Crippen LogP contribution in [0, 0.1) is 5.41 Å². The number of nitrogens with one attached hydrogen (secondary N) is 3. The molecule has 10 heteroatoms. The quantitative estimate of drug-likeness (QED) is 0.335. The highest BCUT2D eigenvalue weighted by Crippen LogP contribution is 2.24. The highest BCUT2D eigenvalue weighted by molar-refractivity contribution is 6.07. The second-order valence-electron chi connectivity index (χ2n) is 6.64. The number of anilines is 2. The highest BCUT2D eigenvalue weighted by Gasteiger charge is 2.31. The van der Waals surface area contributed by atoms with Gasteiger partial charge in [0.05, 0.1) is 6.10 Å². The number of nitrogens with zero attached hydrogens (tertiary/aromatic N) is 1. The lowest BCUT2D eigenvalue weighted by molar-refractivity contribution is -0.274. The Bertz CT molecular complexity index is 877. The van der Waals surface area contributed by atoms with E-state index in [0.29, 0.717) is 30.1 Å². The molecule has 7 nitrogen and oxygen atoms in total. The van der Waals surface area contributed by atoms with E-state index in [4.69, 9.17) is 15.9 Å². The van der Waals surface area contributed by atoms with Gasteiger partial charge in [-0.3, -0.25) is 5.41 Å². The lowest BCUT2D eigenvalue weighted by Gasteiger charge is -2.16. The van der Waals surface area contributed by atoms with E-state index in [0.717, 1.165) is 12.8 Å². The lowest BCUT2D eigenvalue weighted by Crippen LogP contribution is -2.37. The number of hydrogen-bond donors (Lipinski definition) is 4. The molecule has 0 aliphatic carbocycles. The molecule has 5 N–H and O–H groups in total. The van der Waals surface area contributed by atoms with Crippen LogP contribution in [-0.4, -0.2) is 37.4 Å². The molecule has 1 unspecified atom stereocenters. The first-order chi connectivity index (χ1) is 14.3. The van der Waals surface area contributed by atoms with E-state index < -0.39 is 6.36 Å². The first-order valence-corrected chi connectivity index (χ1v) is 9.30. The first-order valence-electron chi connectivity index (χ1n) is 9.30. The van der Waals surface area contributed by atoms with Crippen molar-refractivity contribution >= 4 is 23.2 Å². The van der Waals surface area contributed by atoms with Crippen molar-refractivity contribution in [2.24, 2.45) is 4.99 Å². The zero-order valence-electron chi connectivity index (χ0n) is 16.0. The average Bonchev–Trinajstić information content (AvgIpc) is 3.20. The third kappa shape index (κ3) is 6.66. The van der Waals surface area contributed by atoms with Gasteiger partial charge in [-0.1, -0.05) is 0 Å². The van der Waals surface area contributed by atoms with Gasteiger partial charge in [-0.2, -0.15) is 4.99 Å². The van der Waals surface area contributed by atoms with Crippen LogP contribution < -0.4 is 21.1 Å². The molecule has 30 heavy (non-hydrogen) atoms. The molecule has 3 rings (SSSR count). The Kier molecular flexibility index (Phi) is 6.78. The number of nitrogen functional groups attached to an aromatic ring is 1. The van der Waals surface area contributed by atoms with Crippen LogP contribution in [0.15, 0.2) is 53.5 Å². The van der Waals surface area contributed by atoms with Crippen molar-refractivity contribution in [3.8, 4) is 5.75 Å². The standard InChI is InChI=1S/C20H22F3N5O2/c21-20(22,23)30-16-9-7-15(8-10-16)27-19(26-12-17-2-1-11-29-17)28-18(25)13-3-5-14(24)6-4-13/h3-10,17H,1-2,11-12,24H2,(H3,25,26,27,28). The van der Waals surface area contributed by atoms with Gasteiger partial charge in [0.25, 0.3) is 0 Å². The Morgan fingerprint density at radius 3 is 2.47 bits per heavy atom. The van der Waals surface area contributed by atoms with Crippen molar-refractivity contribution in [3.05, 3.63) is 54.1 Å². The van der Waals surface area contributed by atoms with Gasteiger partial charge in [-0.05, 0) is 61.4 Å². The number of aliphatic imine (C=N–C) groups is 1. The van der Waals surface area contributed by atoms with Gasteiger partial charge in [0.2, 0.25) is 5.96 Å². The molecule has 1 heterocycles. The van der Waals surface area contributed by atoms with E-state index in [9.17, 15) is 13.2 Å². The third-order valence-corrected chi connectivity index (χ3v) is 4.28. The normalized spacial score (nSPS) is 16.9. The molecule has 2 aromatic carbocycles. The predicted molar refractivity (Wildman–Crippen MR) is 109 cm³/mol. The van der Waals surface area contributed by atoms with Crippen LogP contribution in [-0.2, 0) is 4.74 Å². The second kappa shape index (κ2) is 9.49. The summed E-state index contributed by atoms with van der Waals surface area (Å²) in [5.41, 5.74) is 7.29. The van der Waals surface area contributed by atoms with Crippen LogP contribution in [0.5, 0.6) is 5.75 Å². The van der Waals surface area contributed by atoms with Crippen LogP contribution in [0.3, 0.4) is 0 Å². The second-order valence-corrected chi connectivity index (χ2v) is 6.64. The fraction of sp³-hybridized carbons (Fsp3) is 0.300. The van der Waals surface area contributed by atoms with E-state index in [1.165, 1.54) is 24.3 Å². The molecule has 0 amide bonds. The number of hydrogen-bond acceptors (Lipinski definition) is 4. The fourth-order valence-corrected chi connectivity index (χ4v) is 2.82. The van der Waals surface area contributed by atoms with Crippen molar-refractivity contribution in [1.29, 1.82) is 5.41 Å². The maximum Gasteiger partial charge on any atom is 0.573 e. The van der Waals surface area contributed by atoms with Crippen LogP contribution in [0.25, 0.3) is 0 Å². The van der Waals surface area contributed by atoms with Gasteiger partial charge < -0.3 is 25.8 Å². The molecule has 1 saturated heterocycles. The van der Waals surface area contributed by atoms with Gasteiger partial charge in [0.1, 0.15) is 5.75 Å². The van der Waals surface area contributed by atoms with Gasteiger partial charge in [-0.15, -0.1) is 13.2 Å². The summed E-state index contributed by atoms with van der Waals surface area (Å²) in [4.78, 5) is 4.28. The molecule has 1 aliphatic rings. The zero-order valence-corrected chi connectivity index (χ0v) is 16.0. The topological polar surface area (TPSA) is 105 Å². The lowest BCUT2D eigenvalue weighted by atomic mass is 10.2. The number of rotatable bonds is 5. The maximum absolute atomic E-state index is 12.3. The summed E-state index contributed by atoms with van der Waals surface area (Å²) >= 11 is 0. The largest absolute Gasteiger partial charge is 0.573 e. The minimum Gasteiger partial charge on any atom is -0.406 e. The Labute approximate surface area is 171 Å². The van der Waals surface area contributed by atoms with Gasteiger partial charge in [0.15, 0.2) is 5.84 Å². The Hall–Kier alpha value is -3.27. The van der Waals surface area contributed by atoms with Crippen LogP contribution in [0.2, 0.25) is 0 Å². The summed E-state index contributed by atoms with van der Waals surface area (Å²) in [5, 5.41) is 14.3. The Balaban J connectivity index is 1.72. The van der Waals surface area contributed by atoms with E-state index >= 15 is 0 Å². The molecule has 0 radical (unpaired) electrons. The van der Waals surface area contributed by atoms with Crippen LogP contribution >= 0.6 is 0 Å². The maximum atomic E-state index is 12.3. The molecular weight excluding hydrogens is 399 g/mol. The Morgan fingerprint density at radius 1 is 1.17 bits per heavy atom. The molecule has 1 aliphatic heterocycles. The number of ether oxygens (including phenoxy) is 2. The summed E-state index contributed by atoms with van der Waals surface area (Å²) in [6.07, 6.45) is -2.82. The third-order valence-electron chi connectivity index (χ3n) is 4.28. The fourth-order valence-electron chi connectivity index (χ4n) is 2.82. The van der Waals surface area contributed by atoms with Crippen molar-refractivity contribution < 1.29 is 22.6 Å². The molecule has 0 aromatic heterocycles. The zero-order chi connectivity index (χ0) is 21.6. The number of amidine groups is 1. The SMILES string of the molecule is N=C(/N=C(/NCC1CCCO1)Nc1ccc(OC(F)(F)F)cc1)c1ccc(N)cc1. The average molecular weight is 421 g/mol. The molecule has 0 saturated carbocycles. The predicted octanol–water partition coefficient (Wildman–Crippen LogP) is 3.73. The first kappa shape index (κ1) is 21.4. The molecule has 160 valence electrons. The number of guanidine groups is 1. The number of alkyl halides is 3. The van der Waals surface area contributed by atoms with E-state index in [1.54, 1.807) is 24.3 Å². The monoisotopic (exact) mass is 421 g/mol. The smallest absolute Gasteiger partial charge is 0.406 e. The minimum absolute atomic E-state index is 0.00522. The molecule has 1 fully saturated rings. The molecule has 1 atom stereocenters. The molecule has 0 bridgehead atoms. The number of nitrogens with two attached hydrogens (primary N) is 1. The molecule has 2 aromatic rings. The van der Waals surface area contributed by atoms with E-state index in [-0.39, 0.29) is 23.6 Å². The van der Waals surface area contributed by atoms with Gasteiger partial charge >= 0.3 is 6.36 Å². The Morgan fingerprint density at radius 2 is 1.87 bits per heavy atom. The van der Waals surface area contributed by atoms with Crippen molar-refractivity contribution in [2.45, 2.75) is 25.3 Å². The van der Waals surface area contributed by atoms with E-state index in [1.807, 2.05) is 0 Å². The van der Waals surface area contributed by atoms with Crippen molar-refractivity contribution in [1.82, 2.24) is 5.32 Å². The van der Waals surface area contributed by atoms with Crippen LogP contribution in [0.1, 0.15) is 18.4 Å². The summed E-state index contributed by atoms with van der Waals surface area (Å²) in [7, 11) is 0. The summed E-state index contributed by atoms with van der Waals surface area (Å²) in [5.74, 6) is -0.0559. The summed E-state index contributed by atoms with van der Waals surface area (Å²) in [6.45, 7) is 1.18. The molecule has 0 spiro atoms. The summed E-state index contributed by atoms with van der Waals surface area (Å²) in [6, 6.07) is 12.0. The van der Waals surface area contributed by atoms with E-state index in [2.05, 4.69) is 20.4 Å². The number of halogens is 3. The summed E-state index contributed by atoms with van der Waals surface area (Å²) < 4.78 is 46.4. The molecular formula is C20H22F3N5O2. The number of benzene rings is 2. The van der Waals surface area contributed by atoms with Crippen molar-refractivity contribution in [3.63, 3.8) is 0 Å². The minimum atomic E-state index is -4.75. The highest BCUT2D eigenvalue weighted by atomic mass is 19.4. The van der Waals surface area contributed by atoms with Crippen molar-refractivity contribution in [2.75, 3.05) is 24.2 Å². The van der Waals surface area contributed by atoms with Gasteiger partial charge in [-0.25, -0.2) is 0 Å². The van der Waals surface area contributed by atoms with Gasteiger partial charge in [0, 0.05) is 30.1 Å².